The van der Waals surface area contributed by atoms with E-state index in [0.29, 0.717) is 35.6 Å². The molecular weight excluding hydrogens is 380 g/mol. The number of hydrogen-bond acceptors (Lipinski definition) is 6. The Morgan fingerprint density at radius 2 is 2.10 bits per heavy atom. The van der Waals surface area contributed by atoms with Crippen LogP contribution in [-0.2, 0) is 9.15 Å². The number of aromatic nitrogens is 1. The van der Waals surface area contributed by atoms with Crippen LogP contribution in [0.4, 0.5) is 0 Å². The molecule has 0 spiro atoms. The summed E-state index contributed by atoms with van der Waals surface area (Å²) in [6.07, 6.45) is 4.66. The highest BCUT2D eigenvalue weighted by atomic mass is 79.9. The molecule has 0 saturated carbocycles. The SMILES string of the molecule is O=S(=O)(O)SCCNCCCCCOc1ccc(Br)cn1. The van der Waals surface area contributed by atoms with Gasteiger partial charge in [0.25, 0.3) is 0 Å². The Bertz CT molecular complexity index is 496. The molecule has 0 amide bonds. The number of nitrogens with zero attached hydrogens (tertiary/aromatic N) is 1. The summed E-state index contributed by atoms with van der Waals surface area (Å²) in [6.45, 7) is 2.01. The normalized spacial score (nSPS) is 11.5. The molecule has 0 aliphatic rings. The van der Waals surface area contributed by atoms with Gasteiger partial charge in [-0.15, -0.1) is 0 Å². The van der Waals surface area contributed by atoms with E-state index in [4.69, 9.17) is 9.29 Å². The van der Waals surface area contributed by atoms with Crippen LogP contribution in [0.15, 0.2) is 22.8 Å². The second kappa shape index (κ2) is 10.4. The molecule has 0 aliphatic heterocycles. The maximum absolute atomic E-state index is 10.4. The molecule has 2 N–H and O–H groups in total. The number of ether oxygens (including phenoxy) is 1. The van der Waals surface area contributed by atoms with Gasteiger partial charge in [0.2, 0.25) is 5.88 Å². The van der Waals surface area contributed by atoms with E-state index >= 15 is 0 Å². The third-order valence-electron chi connectivity index (χ3n) is 2.46. The highest BCUT2D eigenvalue weighted by Gasteiger charge is 2.03. The Morgan fingerprint density at radius 3 is 2.76 bits per heavy atom. The first kappa shape index (κ1) is 18.7. The van der Waals surface area contributed by atoms with Crippen molar-refractivity contribution in [1.82, 2.24) is 10.3 Å². The first-order chi connectivity index (χ1) is 9.97. The number of hydrogen-bond donors (Lipinski definition) is 2. The number of unbranched alkanes of at least 4 members (excludes halogenated alkanes) is 2. The maximum atomic E-state index is 10.4. The molecule has 0 bridgehead atoms. The summed E-state index contributed by atoms with van der Waals surface area (Å²) in [4.78, 5) is 4.11. The summed E-state index contributed by atoms with van der Waals surface area (Å²) in [5, 5.41) is 3.12. The van der Waals surface area contributed by atoms with E-state index < -0.39 is 9.15 Å². The lowest BCUT2D eigenvalue weighted by molar-refractivity contribution is 0.293. The largest absolute Gasteiger partial charge is 0.478 e. The van der Waals surface area contributed by atoms with E-state index in [1.165, 1.54) is 0 Å². The minimum Gasteiger partial charge on any atom is -0.478 e. The fourth-order valence-corrected chi connectivity index (χ4v) is 3.05. The van der Waals surface area contributed by atoms with Crippen molar-refractivity contribution < 1.29 is 17.7 Å². The van der Waals surface area contributed by atoms with Crippen molar-refractivity contribution in [2.24, 2.45) is 0 Å². The number of nitrogens with one attached hydrogen (secondary N) is 1. The van der Waals surface area contributed by atoms with Crippen LogP contribution in [0.3, 0.4) is 0 Å². The average molecular weight is 399 g/mol. The third kappa shape index (κ3) is 10.9. The Labute approximate surface area is 137 Å². The van der Waals surface area contributed by atoms with E-state index in [2.05, 4.69) is 26.2 Å². The fraction of sp³-hybridized carbons (Fsp3) is 0.583. The third-order valence-corrected chi connectivity index (χ3v) is 4.99. The molecule has 6 nitrogen and oxygen atoms in total. The lowest BCUT2D eigenvalue weighted by Crippen LogP contribution is -2.19. The van der Waals surface area contributed by atoms with Crippen molar-refractivity contribution in [3.8, 4) is 5.88 Å². The van der Waals surface area contributed by atoms with Crippen LogP contribution in [0, 0.1) is 0 Å². The molecule has 0 fully saturated rings. The molecular formula is C12H19BrN2O4S2. The second-order valence-corrected chi connectivity index (χ2v) is 8.61. The van der Waals surface area contributed by atoms with E-state index in [9.17, 15) is 8.42 Å². The first-order valence-electron chi connectivity index (χ1n) is 6.54. The standard InChI is InChI=1S/C12H19BrN2O4S2/c13-11-4-5-12(15-10-11)19-8-3-1-2-6-14-7-9-20-21(16,17)18/h4-5,10,14H,1-3,6-9H2,(H,16,17,18). The average Bonchev–Trinajstić information content (AvgIpc) is 2.42. The van der Waals surface area contributed by atoms with Crippen LogP contribution >= 0.6 is 26.7 Å². The van der Waals surface area contributed by atoms with Gasteiger partial charge in [-0.25, -0.2) is 4.98 Å². The monoisotopic (exact) mass is 398 g/mol. The summed E-state index contributed by atoms with van der Waals surface area (Å²) in [7, 11) is -3.37. The lowest BCUT2D eigenvalue weighted by atomic mass is 10.2. The van der Waals surface area contributed by atoms with Gasteiger partial charge in [0.05, 0.1) is 6.61 Å². The maximum Gasteiger partial charge on any atom is 0.319 e. The van der Waals surface area contributed by atoms with Crippen LogP contribution in [0.25, 0.3) is 0 Å². The van der Waals surface area contributed by atoms with Gasteiger partial charge < -0.3 is 10.1 Å². The van der Waals surface area contributed by atoms with Crippen LogP contribution in [0.5, 0.6) is 5.88 Å². The highest BCUT2D eigenvalue weighted by molar-refractivity contribution is 9.10. The van der Waals surface area contributed by atoms with Crippen molar-refractivity contribution >= 4 is 35.9 Å². The summed E-state index contributed by atoms with van der Waals surface area (Å²) >= 11 is 3.31. The highest BCUT2D eigenvalue weighted by Crippen LogP contribution is 2.12. The van der Waals surface area contributed by atoms with Crippen LogP contribution in [0.1, 0.15) is 19.3 Å². The molecule has 0 aliphatic carbocycles. The fourth-order valence-electron chi connectivity index (χ4n) is 1.50. The molecule has 21 heavy (non-hydrogen) atoms. The molecule has 0 unspecified atom stereocenters. The van der Waals surface area contributed by atoms with Crippen molar-refractivity contribution in [1.29, 1.82) is 0 Å². The minimum absolute atomic E-state index is 0.344. The van der Waals surface area contributed by atoms with Gasteiger partial charge in [0.1, 0.15) is 0 Å². The summed E-state index contributed by atoms with van der Waals surface area (Å²) in [6, 6.07) is 3.70. The number of rotatable bonds is 11. The van der Waals surface area contributed by atoms with Gasteiger partial charge in [0.15, 0.2) is 0 Å². The molecule has 120 valence electrons. The molecule has 0 atom stereocenters. The zero-order valence-corrected chi connectivity index (χ0v) is 14.7. The molecule has 1 aromatic rings. The quantitative estimate of drug-likeness (QED) is 0.336. The molecule has 1 heterocycles. The molecule has 0 aromatic carbocycles. The van der Waals surface area contributed by atoms with E-state index in [0.717, 1.165) is 30.3 Å². The molecule has 0 saturated heterocycles. The molecule has 1 aromatic heterocycles. The van der Waals surface area contributed by atoms with Gasteiger partial charge in [0, 0.05) is 29.0 Å². The Kier molecular flexibility index (Phi) is 9.25. The number of pyridine rings is 1. The summed E-state index contributed by atoms with van der Waals surface area (Å²) in [5.41, 5.74) is 0. The first-order valence-corrected chi connectivity index (χ1v) is 10.3. The van der Waals surface area contributed by atoms with Crippen LogP contribution in [-0.4, -0.2) is 43.4 Å². The predicted molar refractivity (Wildman–Crippen MR) is 88.2 cm³/mol. The van der Waals surface area contributed by atoms with E-state index in [1.807, 2.05) is 12.1 Å². The van der Waals surface area contributed by atoms with Crippen molar-refractivity contribution in [2.75, 3.05) is 25.4 Å². The van der Waals surface area contributed by atoms with E-state index in [-0.39, 0.29) is 0 Å². The number of halogens is 1. The van der Waals surface area contributed by atoms with Crippen molar-refractivity contribution in [2.45, 2.75) is 19.3 Å². The Balaban J connectivity index is 1.90. The molecule has 1 rings (SSSR count). The molecule has 0 radical (unpaired) electrons. The van der Waals surface area contributed by atoms with Gasteiger partial charge in [-0.2, -0.15) is 8.42 Å². The summed E-state index contributed by atoms with van der Waals surface area (Å²) in [5.74, 6) is 0.968. The minimum atomic E-state index is -3.91. The zero-order chi connectivity index (χ0) is 15.6. The predicted octanol–water partition coefficient (Wildman–Crippen LogP) is 2.52. The van der Waals surface area contributed by atoms with Gasteiger partial charge >= 0.3 is 9.15 Å². The van der Waals surface area contributed by atoms with Gasteiger partial charge in [-0.05, 0) is 58.6 Å². The van der Waals surface area contributed by atoms with Crippen molar-refractivity contribution in [3.63, 3.8) is 0 Å². The van der Waals surface area contributed by atoms with Gasteiger partial charge in [-0.3, -0.25) is 4.55 Å². The zero-order valence-electron chi connectivity index (χ0n) is 11.5. The van der Waals surface area contributed by atoms with Crippen LogP contribution in [0.2, 0.25) is 0 Å². The Morgan fingerprint density at radius 1 is 1.29 bits per heavy atom. The second-order valence-electron chi connectivity index (χ2n) is 4.22. The topological polar surface area (TPSA) is 88.5 Å². The van der Waals surface area contributed by atoms with E-state index in [1.54, 1.807) is 6.20 Å². The smallest absolute Gasteiger partial charge is 0.319 e. The van der Waals surface area contributed by atoms with Crippen LogP contribution < -0.4 is 10.1 Å². The Hall–Kier alpha value is -0.350. The lowest BCUT2D eigenvalue weighted by Gasteiger charge is -2.06. The molecule has 9 heteroatoms. The summed E-state index contributed by atoms with van der Waals surface area (Å²) < 4.78 is 35.8. The van der Waals surface area contributed by atoms with Gasteiger partial charge in [-0.1, -0.05) is 0 Å². The van der Waals surface area contributed by atoms with Crippen molar-refractivity contribution in [3.05, 3.63) is 22.8 Å².